The van der Waals surface area contributed by atoms with Crippen molar-refractivity contribution in [3.8, 4) is 0 Å². The lowest BCUT2D eigenvalue weighted by molar-refractivity contribution is -0.148. The van der Waals surface area contributed by atoms with Gasteiger partial charge in [-0.3, -0.25) is 24.1 Å². The minimum Gasteiger partial charge on any atom is -0.465 e. The van der Waals surface area contributed by atoms with E-state index in [1.807, 2.05) is 0 Å². The maximum atomic E-state index is 13.7. The summed E-state index contributed by atoms with van der Waals surface area (Å²) in [6, 6.07) is 5.32. The van der Waals surface area contributed by atoms with Crippen LogP contribution in [-0.4, -0.2) is 60.7 Å². The van der Waals surface area contributed by atoms with Gasteiger partial charge in [0.15, 0.2) is 0 Å². The molecule has 0 radical (unpaired) electrons. The third-order valence-corrected chi connectivity index (χ3v) is 4.47. The molecule has 0 saturated carbocycles. The molecule has 0 bridgehead atoms. The summed E-state index contributed by atoms with van der Waals surface area (Å²) in [5, 5.41) is 0. The van der Waals surface area contributed by atoms with E-state index in [0.717, 1.165) is 15.9 Å². The Hall–Kier alpha value is -2.77. The van der Waals surface area contributed by atoms with Gasteiger partial charge in [-0.05, 0) is 24.6 Å². The Labute approximate surface area is 150 Å². The minimum absolute atomic E-state index is 0.186. The molecule has 1 aromatic carbocycles. The highest BCUT2D eigenvalue weighted by Crippen LogP contribution is 2.39. The lowest BCUT2D eigenvalue weighted by Crippen LogP contribution is -2.43. The predicted molar refractivity (Wildman–Crippen MR) is 89.4 cm³/mol. The summed E-state index contributed by atoms with van der Waals surface area (Å²) >= 11 is 0. The molecular formula is C18H21FN2O5. The number of hydrogen-bond donors (Lipinski definition) is 0. The van der Waals surface area contributed by atoms with E-state index in [0.29, 0.717) is 0 Å². The van der Waals surface area contributed by atoms with Crippen LogP contribution in [0.2, 0.25) is 0 Å². The number of esters is 1. The van der Waals surface area contributed by atoms with Gasteiger partial charge in [0, 0.05) is 26.9 Å². The Kier molecular flexibility index (Phi) is 5.74. The van der Waals surface area contributed by atoms with Crippen LogP contribution in [0.15, 0.2) is 24.3 Å². The molecule has 0 aromatic heterocycles. The molecule has 8 heteroatoms. The fourth-order valence-corrected chi connectivity index (χ4v) is 3.02. The molecule has 1 aromatic rings. The first kappa shape index (κ1) is 19.6. The van der Waals surface area contributed by atoms with Crippen LogP contribution in [0.3, 0.4) is 0 Å². The maximum Gasteiger partial charge on any atom is 0.325 e. The average molecular weight is 364 g/mol. The molecule has 1 atom stereocenters. The first-order valence-corrected chi connectivity index (χ1v) is 8.18. The average Bonchev–Trinajstić information content (AvgIpc) is 2.80. The fraction of sp³-hybridized carbons (Fsp3) is 0.444. The summed E-state index contributed by atoms with van der Waals surface area (Å²) in [6.45, 7) is 1.56. The van der Waals surface area contributed by atoms with Gasteiger partial charge >= 0.3 is 5.97 Å². The van der Waals surface area contributed by atoms with Gasteiger partial charge in [0.2, 0.25) is 17.7 Å². The molecule has 1 aliphatic rings. The number of halogens is 1. The highest BCUT2D eigenvalue weighted by Gasteiger charge is 2.53. The number of ether oxygens (including phenoxy) is 1. The van der Waals surface area contributed by atoms with Crippen LogP contribution in [0.1, 0.15) is 25.3 Å². The van der Waals surface area contributed by atoms with E-state index >= 15 is 0 Å². The molecule has 0 unspecified atom stereocenters. The van der Waals surface area contributed by atoms with Gasteiger partial charge in [-0.2, -0.15) is 0 Å². The standard InChI is InChI=1S/C18H21FN2O5/c1-4-26-16(24)11-20(2)14(22)9-18(10-15(23)21(3)17(18)25)12-6-5-7-13(19)8-12/h5-8H,4,9-11H2,1-3H3/t18-/m0/s1. The van der Waals surface area contributed by atoms with Gasteiger partial charge in [-0.25, -0.2) is 4.39 Å². The zero-order valence-electron chi connectivity index (χ0n) is 15.0. The van der Waals surface area contributed by atoms with Crippen LogP contribution in [-0.2, 0) is 29.3 Å². The summed E-state index contributed by atoms with van der Waals surface area (Å²) in [5.74, 6) is -2.66. The van der Waals surface area contributed by atoms with E-state index in [1.165, 1.54) is 32.3 Å². The van der Waals surface area contributed by atoms with Crippen molar-refractivity contribution in [2.75, 3.05) is 27.2 Å². The molecule has 7 nitrogen and oxygen atoms in total. The fourth-order valence-electron chi connectivity index (χ4n) is 3.02. The number of carbonyl (C=O) groups excluding carboxylic acids is 4. The molecular weight excluding hydrogens is 343 g/mol. The van der Waals surface area contributed by atoms with E-state index in [-0.39, 0.29) is 31.6 Å². The summed E-state index contributed by atoms with van der Waals surface area (Å²) in [7, 11) is 2.74. The van der Waals surface area contributed by atoms with Crippen molar-refractivity contribution >= 4 is 23.7 Å². The first-order chi connectivity index (χ1) is 12.2. The summed E-state index contributed by atoms with van der Waals surface area (Å²) in [6.07, 6.45) is -0.577. The number of likely N-dealkylation sites (N-methyl/N-ethyl adjacent to an activating group) is 2. The second-order valence-electron chi connectivity index (χ2n) is 6.26. The van der Waals surface area contributed by atoms with Crippen molar-refractivity contribution in [2.24, 2.45) is 0 Å². The van der Waals surface area contributed by atoms with Crippen molar-refractivity contribution in [1.82, 2.24) is 9.80 Å². The highest BCUT2D eigenvalue weighted by atomic mass is 19.1. The largest absolute Gasteiger partial charge is 0.465 e. The Morgan fingerprint density at radius 1 is 1.35 bits per heavy atom. The van der Waals surface area contributed by atoms with Crippen molar-refractivity contribution in [3.63, 3.8) is 0 Å². The smallest absolute Gasteiger partial charge is 0.325 e. The van der Waals surface area contributed by atoms with E-state index < -0.39 is 34.9 Å². The Morgan fingerprint density at radius 3 is 2.58 bits per heavy atom. The molecule has 1 aliphatic heterocycles. The molecule has 0 N–H and O–H groups in total. The van der Waals surface area contributed by atoms with Crippen molar-refractivity contribution in [3.05, 3.63) is 35.6 Å². The zero-order valence-corrected chi connectivity index (χ0v) is 15.0. The van der Waals surface area contributed by atoms with Crippen molar-refractivity contribution < 1.29 is 28.3 Å². The summed E-state index contributed by atoms with van der Waals surface area (Å²) in [5.41, 5.74) is -1.22. The van der Waals surface area contributed by atoms with Crippen molar-refractivity contribution in [2.45, 2.75) is 25.2 Å². The topological polar surface area (TPSA) is 84.0 Å². The second-order valence-corrected chi connectivity index (χ2v) is 6.26. The van der Waals surface area contributed by atoms with Gasteiger partial charge in [0.05, 0.1) is 12.0 Å². The SMILES string of the molecule is CCOC(=O)CN(C)C(=O)C[C@@]1(c2cccc(F)c2)CC(=O)N(C)C1=O. The maximum absolute atomic E-state index is 13.7. The lowest BCUT2D eigenvalue weighted by atomic mass is 9.75. The van der Waals surface area contributed by atoms with Crippen LogP contribution < -0.4 is 0 Å². The van der Waals surface area contributed by atoms with Crippen LogP contribution in [0, 0.1) is 5.82 Å². The molecule has 1 saturated heterocycles. The molecule has 3 amide bonds. The van der Waals surface area contributed by atoms with Gasteiger partial charge < -0.3 is 9.64 Å². The molecule has 0 aliphatic carbocycles. The number of benzene rings is 1. The Bertz CT molecular complexity index is 751. The number of rotatable bonds is 6. The van der Waals surface area contributed by atoms with E-state index in [9.17, 15) is 23.6 Å². The van der Waals surface area contributed by atoms with Gasteiger partial charge in [-0.1, -0.05) is 12.1 Å². The third kappa shape index (κ3) is 3.74. The number of amides is 3. The Balaban J connectivity index is 2.32. The molecule has 0 spiro atoms. The normalized spacial score (nSPS) is 19.6. The van der Waals surface area contributed by atoms with Gasteiger partial charge in [0.25, 0.3) is 0 Å². The van der Waals surface area contributed by atoms with Crippen LogP contribution in [0.25, 0.3) is 0 Å². The van der Waals surface area contributed by atoms with Gasteiger partial charge in [-0.15, -0.1) is 0 Å². The zero-order chi connectivity index (χ0) is 19.5. The molecule has 26 heavy (non-hydrogen) atoms. The number of nitrogens with zero attached hydrogens (tertiary/aromatic N) is 2. The van der Waals surface area contributed by atoms with E-state index in [2.05, 4.69) is 0 Å². The quantitative estimate of drug-likeness (QED) is 0.552. The van der Waals surface area contributed by atoms with Gasteiger partial charge in [0.1, 0.15) is 12.4 Å². The first-order valence-electron chi connectivity index (χ1n) is 8.18. The molecule has 140 valence electrons. The van der Waals surface area contributed by atoms with Crippen LogP contribution in [0.4, 0.5) is 4.39 Å². The Morgan fingerprint density at radius 2 is 2.04 bits per heavy atom. The molecule has 1 fully saturated rings. The van der Waals surface area contributed by atoms with E-state index in [1.54, 1.807) is 6.92 Å². The highest BCUT2D eigenvalue weighted by molar-refractivity contribution is 6.10. The summed E-state index contributed by atoms with van der Waals surface area (Å²) in [4.78, 5) is 51.1. The second kappa shape index (κ2) is 7.63. The number of imide groups is 1. The molecule has 2 rings (SSSR count). The number of carbonyl (C=O) groups is 4. The van der Waals surface area contributed by atoms with Crippen molar-refractivity contribution in [1.29, 1.82) is 0 Å². The minimum atomic E-state index is -1.48. The predicted octanol–water partition coefficient (Wildman–Crippen LogP) is 0.864. The third-order valence-electron chi connectivity index (χ3n) is 4.47. The monoisotopic (exact) mass is 364 g/mol. The number of likely N-dealkylation sites (tertiary alicyclic amines) is 1. The van der Waals surface area contributed by atoms with Crippen LogP contribution in [0.5, 0.6) is 0 Å². The summed E-state index contributed by atoms with van der Waals surface area (Å²) < 4.78 is 18.5. The lowest BCUT2D eigenvalue weighted by Gasteiger charge is -2.28. The van der Waals surface area contributed by atoms with E-state index in [4.69, 9.17) is 4.74 Å². The number of hydrogen-bond acceptors (Lipinski definition) is 5. The molecule has 1 heterocycles. The van der Waals surface area contributed by atoms with Crippen LogP contribution >= 0.6 is 0 Å².